The summed E-state index contributed by atoms with van der Waals surface area (Å²) in [6, 6.07) is 9.27. The van der Waals surface area contributed by atoms with Crippen LogP contribution in [0.25, 0.3) is 0 Å². The first-order chi connectivity index (χ1) is 9.45. The molecule has 0 saturated carbocycles. The van der Waals surface area contributed by atoms with Gasteiger partial charge in [-0.3, -0.25) is 0 Å². The molecule has 0 radical (unpaired) electrons. The van der Waals surface area contributed by atoms with Crippen molar-refractivity contribution in [3.63, 3.8) is 0 Å². The number of carbonyl (C=O) groups is 1. The number of carbonyl (C=O) groups excluding carboxylic acids is 1. The lowest BCUT2D eigenvalue weighted by Gasteiger charge is -2.14. The Morgan fingerprint density at radius 1 is 1.15 bits per heavy atom. The predicted octanol–water partition coefficient (Wildman–Crippen LogP) is 4.09. The largest absolute Gasteiger partial charge is 0.464 e. The first-order valence-corrected chi connectivity index (χ1v) is 6.67. The van der Waals surface area contributed by atoms with Crippen LogP contribution in [0.1, 0.15) is 35.6 Å². The monoisotopic (exact) mass is 272 g/mol. The molecule has 4 heteroatoms. The highest BCUT2D eigenvalue weighted by Gasteiger charge is 2.13. The van der Waals surface area contributed by atoms with E-state index in [-0.39, 0.29) is 12.1 Å². The molecule has 0 fully saturated rings. The standard InChI is InChI=1S/C16H20N2O2/c1-10-5-7-14(11(2)9-10)18-16(19)17-13(4)15-8-6-12(3)20-15/h5-9,13H,1-4H3,(H2,17,18,19)/t13-/m1/s1. The van der Waals surface area contributed by atoms with Crippen molar-refractivity contribution < 1.29 is 9.21 Å². The number of amides is 2. The van der Waals surface area contributed by atoms with Gasteiger partial charge in [-0.25, -0.2) is 4.79 Å². The van der Waals surface area contributed by atoms with E-state index in [1.54, 1.807) is 0 Å². The second kappa shape index (κ2) is 5.82. The van der Waals surface area contributed by atoms with E-state index < -0.39 is 0 Å². The Bertz CT molecular complexity index is 617. The Morgan fingerprint density at radius 3 is 2.50 bits per heavy atom. The van der Waals surface area contributed by atoms with Crippen molar-refractivity contribution in [1.82, 2.24) is 5.32 Å². The fourth-order valence-electron chi connectivity index (χ4n) is 2.07. The number of urea groups is 1. The van der Waals surface area contributed by atoms with Gasteiger partial charge in [-0.15, -0.1) is 0 Å². The SMILES string of the molecule is Cc1ccc(NC(=O)N[C@H](C)c2ccc(C)o2)c(C)c1. The van der Waals surface area contributed by atoms with Gasteiger partial charge < -0.3 is 15.1 Å². The summed E-state index contributed by atoms with van der Waals surface area (Å²) >= 11 is 0. The number of hydrogen-bond donors (Lipinski definition) is 2. The molecule has 2 N–H and O–H groups in total. The van der Waals surface area contributed by atoms with Gasteiger partial charge in [0.1, 0.15) is 11.5 Å². The van der Waals surface area contributed by atoms with Gasteiger partial charge in [0, 0.05) is 5.69 Å². The Balaban J connectivity index is 1.98. The fourth-order valence-corrected chi connectivity index (χ4v) is 2.07. The van der Waals surface area contributed by atoms with Crippen molar-refractivity contribution in [1.29, 1.82) is 0 Å². The fraction of sp³-hybridized carbons (Fsp3) is 0.312. The first kappa shape index (κ1) is 14.2. The second-order valence-electron chi connectivity index (χ2n) is 5.09. The summed E-state index contributed by atoms with van der Waals surface area (Å²) in [7, 11) is 0. The number of benzene rings is 1. The van der Waals surface area contributed by atoms with Crippen LogP contribution in [0.4, 0.5) is 10.5 Å². The molecule has 1 aromatic heterocycles. The van der Waals surface area contributed by atoms with Gasteiger partial charge in [0.2, 0.25) is 0 Å². The van der Waals surface area contributed by atoms with Crippen molar-refractivity contribution in [2.75, 3.05) is 5.32 Å². The van der Waals surface area contributed by atoms with E-state index in [0.717, 1.165) is 22.8 Å². The van der Waals surface area contributed by atoms with Gasteiger partial charge in [0.15, 0.2) is 0 Å². The van der Waals surface area contributed by atoms with Crippen LogP contribution in [0.3, 0.4) is 0 Å². The summed E-state index contributed by atoms with van der Waals surface area (Å²) in [5.41, 5.74) is 3.03. The zero-order valence-electron chi connectivity index (χ0n) is 12.3. The Morgan fingerprint density at radius 2 is 1.90 bits per heavy atom. The zero-order chi connectivity index (χ0) is 14.7. The number of rotatable bonds is 3. The van der Waals surface area contributed by atoms with Crippen LogP contribution < -0.4 is 10.6 Å². The summed E-state index contributed by atoms with van der Waals surface area (Å²) in [6.45, 7) is 7.77. The van der Waals surface area contributed by atoms with Gasteiger partial charge in [-0.05, 0) is 51.5 Å². The first-order valence-electron chi connectivity index (χ1n) is 6.67. The number of furan rings is 1. The lowest BCUT2D eigenvalue weighted by Crippen LogP contribution is -2.31. The number of aryl methyl sites for hydroxylation is 3. The van der Waals surface area contributed by atoms with Gasteiger partial charge >= 0.3 is 6.03 Å². The third kappa shape index (κ3) is 3.41. The van der Waals surface area contributed by atoms with E-state index in [9.17, 15) is 4.79 Å². The summed E-state index contributed by atoms with van der Waals surface area (Å²) < 4.78 is 5.49. The van der Waals surface area contributed by atoms with Crippen molar-refractivity contribution in [2.45, 2.75) is 33.7 Å². The molecule has 4 nitrogen and oxygen atoms in total. The molecule has 0 spiro atoms. The normalized spacial score (nSPS) is 12.0. The van der Waals surface area contributed by atoms with E-state index in [1.807, 2.05) is 58.0 Å². The zero-order valence-corrected chi connectivity index (χ0v) is 12.3. The lowest BCUT2D eigenvalue weighted by molar-refractivity contribution is 0.247. The average Bonchev–Trinajstić information content (AvgIpc) is 2.79. The highest BCUT2D eigenvalue weighted by molar-refractivity contribution is 5.90. The minimum Gasteiger partial charge on any atom is -0.464 e. The number of nitrogens with one attached hydrogen (secondary N) is 2. The molecule has 1 aromatic carbocycles. The van der Waals surface area contributed by atoms with Gasteiger partial charge in [-0.1, -0.05) is 17.7 Å². The molecule has 2 rings (SSSR count). The molecule has 1 heterocycles. The maximum absolute atomic E-state index is 12.0. The summed E-state index contributed by atoms with van der Waals surface area (Å²) in [4.78, 5) is 12.0. The molecular formula is C16H20N2O2. The van der Waals surface area contributed by atoms with Crippen LogP contribution in [0.5, 0.6) is 0 Å². The van der Waals surface area contributed by atoms with E-state index >= 15 is 0 Å². The summed E-state index contributed by atoms with van der Waals surface area (Å²) in [6.07, 6.45) is 0. The molecule has 106 valence electrons. The molecule has 2 aromatic rings. The molecular weight excluding hydrogens is 252 g/mol. The Hall–Kier alpha value is -2.23. The van der Waals surface area contributed by atoms with Gasteiger partial charge in [-0.2, -0.15) is 0 Å². The maximum Gasteiger partial charge on any atom is 0.319 e. The van der Waals surface area contributed by atoms with Gasteiger partial charge in [0.25, 0.3) is 0 Å². The molecule has 0 saturated heterocycles. The van der Waals surface area contributed by atoms with Crippen molar-refractivity contribution >= 4 is 11.7 Å². The molecule has 20 heavy (non-hydrogen) atoms. The van der Waals surface area contributed by atoms with Crippen LogP contribution in [0.15, 0.2) is 34.7 Å². The van der Waals surface area contributed by atoms with Crippen LogP contribution in [-0.2, 0) is 0 Å². The van der Waals surface area contributed by atoms with Crippen molar-refractivity contribution in [3.05, 3.63) is 53.0 Å². The van der Waals surface area contributed by atoms with Crippen molar-refractivity contribution in [2.24, 2.45) is 0 Å². The summed E-state index contributed by atoms with van der Waals surface area (Å²) in [5, 5.41) is 5.71. The van der Waals surface area contributed by atoms with E-state index in [1.165, 1.54) is 5.56 Å². The molecule has 0 aliphatic carbocycles. The minimum atomic E-state index is -0.237. The van der Waals surface area contributed by atoms with Crippen LogP contribution in [0.2, 0.25) is 0 Å². The van der Waals surface area contributed by atoms with E-state index in [4.69, 9.17) is 4.42 Å². The van der Waals surface area contributed by atoms with Crippen molar-refractivity contribution in [3.8, 4) is 0 Å². The minimum absolute atomic E-state index is 0.172. The molecule has 0 bridgehead atoms. The topological polar surface area (TPSA) is 54.3 Å². The van der Waals surface area contributed by atoms with Crippen LogP contribution in [0, 0.1) is 20.8 Å². The van der Waals surface area contributed by atoms with Gasteiger partial charge in [0.05, 0.1) is 6.04 Å². The second-order valence-corrected chi connectivity index (χ2v) is 5.09. The molecule has 1 atom stereocenters. The van der Waals surface area contributed by atoms with E-state index in [0.29, 0.717) is 0 Å². The average molecular weight is 272 g/mol. The third-order valence-electron chi connectivity index (χ3n) is 3.17. The smallest absolute Gasteiger partial charge is 0.319 e. The molecule has 0 unspecified atom stereocenters. The molecule has 2 amide bonds. The van der Waals surface area contributed by atoms with Crippen LogP contribution in [-0.4, -0.2) is 6.03 Å². The Labute approximate surface area is 119 Å². The third-order valence-corrected chi connectivity index (χ3v) is 3.17. The lowest BCUT2D eigenvalue weighted by atomic mass is 10.1. The predicted molar refractivity (Wildman–Crippen MR) is 79.9 cm³/mol. The number of anilines is 1. The Kier molecular flexibility index (Phi) is 4.13. The molecule has 0 aliphatic heterocycles. The maximum atomic E-state index is 12.0. The summed E-state index contributed by atoms with van der Waals surface area (Å²) in [5.74, 6) is 1.58. The van der Waals surface area contributed by atoms with Crippen LogP contribution >= 0.6 is 0 Å². The molecule has 0 aliphatic rings. The highest BCUT2D eigenvalue weighted by Crippen LogP contribution is 2.18. The van der Waals surface area contributed by atoms with E-state index in [2.05, 4.69) is 10.6 Å². The number of hydrogen-bond acceptors (Lipinski definition) is 2. The quantitative estimate of drug-likeness (QED) is 0.884. The highest BCUT2D eigenvalue weighted by atomic mass is 16.3.